The maximum atomic E-state index is 13.3. The lowest BCUT2D eigenvalue weighted by molar-refractivity contribution is -0.113. The first kappa shape index (κ1) is 18.1. The number of hydrogen-bond donors (Lipinski definition) is 3. The smallest absolute Gasteiger partial charge is 0.255 e. The summed E-state index contributed by atoms with van der Waals surface area (Å²) in [4.78, 5) is 13.0. The van der Waals surface area contributed by atoms with Gasteiger partial charge in [0, 0.05) is 11.4 Å². The predicted octanol–water partition coefficient (Wildman–Crippen LogP) is 3.87. The molecule has 26 heavy (non-hydrogen) atoms. The first-order valence-corrected chi connectivity index (χ1v) is 8.68. The van der Waals surface area contributed by atoms with E-state index in [-0.39, 0.29) is 11.7 Å². The van der Waals surface area contributed by atoms with Crippen LogP contribution in [0.5, 0.6) is 0 Å². The largest absolute Gasteiger partial charge is 0.351 e. The molecule has 2 aromatic carbocycles. The molecule has 0 radical (unpaired) electrons. The number of thiocarbonyl (C=S) groups is 1. The monoisotopic (exact) mass is 369 g/mol. The van der Waals surface area contributed by atoms with Crippen LogP contribution in [0.1, 0.15) is 29.7 Å². The molecule has 0 spiro atoms. The number of aryl methyl sites for hydroxylation is 2. The van der Waals surface area contributed by atoms with Gasteiger partial charge >= 0.3 is 0 Å². The molecule has 0 aliphatic carbocycles. The molecule has 4 nitrogen and oxygen atoms in total. The van der Waals surface area contributed by atoms with E-state index in [1.165, 1.54) is 12.1 Å². The fraction of sp³-hybridized carbons (Fsp3) is 0.200. The molecular weight excluding hydrogens is 349 g/mol. The lowest BCUT2D eigenvalue weighted by atomic mass is 9.94. The van der Waals surface area contributed by atoms with Crippen LogP contribution in [0.3, 0.4) is 0 Å². The van der Waals surface area contributed by atoms with Gasteiger partial charge in [-0.3, -0.25) is 4.79 Å². The van der Waals surface area contributed by atoms with E-state index < -0.39 is 6.04 Å². The highest BCUT2D eigenvalue weighted by Crippen LogP contribution is 2.28. The maximum absolute atomic E-state index is 13.3. The van der Waals surface area contributed by atoms with Gasteiger partial charge in [0.05, 0.1) is 11.6 Å². The minimum absolute atomic E-state index is 0.229. The van der Waals surface area contributed by atoms with Crippen molar-refractivity contribution in [2.45, 2.75) is 26.8 Å². The van der Waals surface area contributed by atoms with Gasteiger partial charge in [0.25, 0.3) is 5.91 Å². The number of amides is 1. The zero-order valence-electron chi connectivity index (χ0n) is 14.8. The van der Waals surface area contributed by atoms with Crippen molar-refractivity contribution >= 4 is 28.9 Å². The minimum Gasteiger partial charge on any atom is -0.351 e. The SMILES string of the molecule is CC1=C(C(=O)Nc2cc(C)ccc2C)[C@H](c2ccc(F)cc2)NC(=S)N1. The zero-order chi connectivity index (χ0) is 18.8. The van der Waals surface area contributed by atoms with Gasteiger partial charge in [0.1, 0.15) is 5.82 Å². The summed E-state index contributed by atoms with van der Waals surface area (Å²) in [5.74, 6) is -0.555. The molecule has 1 aliphatic rings. The van der Waals surface area contributed by atoms with Crippen LogP contribution >= 0.6 is 12.2 Å². The van der Waals surface area contributed by atoms with Crippen molar-refractivity contribution in [3.8, 4) is 0 Å². The third kappa shape index (κ3) is 3.75. The lowest BCUT2D eigenvalue weighted by Gasteiger charge is -2.30. The van der Waals surface area contributed by atoms with Crippen LogP contribution in [0.25, 0.3) is 0 Å². The molecule has 0 bridgehead atoms. The van der Waals surface area contributed by atoms with Gasteiger partial charge in [0.2, 0.25) is 0 Å². The molecule has 0 fully saturated rings. The number of hydrogen-bond acceptors (Lipinski definition) is 2. The van der Waals surface area contributed by atoms with Crippen LogP contribution in [-0.2, 0) is 4.79 Å². The Bertz CT molecular complexity index is 906. The first-order valence-electron chi connectivity index (χ1n) is 8.27. The summed E-state index contributed by atoms with van der Waals surface area (Å²) >= 11 is 5.23. The Hall–Kier alpha value is -2.73. The fourth-order valence-electron chi connectivity index (χ4n) is 2.96. The highest BCUT2D eigenvalue weighted by Gasteiger charge is 2.30. The Balaban J connectivity index is 1.96. The normalized spacial score (nSPS) is 16.8. The highest BCUT2D eigenvalue weighted by atomic mass is 32.1. The van der Waals surface area contributed by atoms with Crippen LogP contribution in [0.4, 0.5) is 10.1 Å². The van der Waals surface area contributed by atoms with Crippen molar-refractivity contribution in [1.29, 1.82) is 0 Å². The Morgan fingerprint density at radius 3 is 2.50 bits per heavy atom. The molecule has 0 unspecified atom stereocenters. The maximum Gasteiger partial charge on any atom is 0.255 e. The van der Waals surface area contributed by atoms with E-state index in [2.05, 4.69) is 16.0 Å². The average Bonchev–Trinajstić information content (AvgIpc) is 2.58. The summed E-state index contributed by atoms with van der Waals surface area (Å²) in [6, 6.07) is 11.5. The van der Waals surface area contributed by atoms with Crippen LogP contribution in [0.15, 0.2) is 53.7 Å². The van der Waals surface area contributed by atoms with E-state index in [1.807, 2.05) is 39.0 Å². The van der Waals surface area contributed by atoms with Gasteiger partial charge in [-0.2, -0.15) is 0 Å². The summed E-state index contributed by atoms with van der Waals surface area (Å²) in [6.45, 7) is 5.73. The Morgan fingerprint density at radius 2 is 1.81 bits per heavy atom. The van der Waals surface area contributed by atoms with Crippen molar-refractivity contribution in [3.05, 3.63) is 76.2 Å². The van der Waals surface area contributed by atoms with Crippen molar-refractivity contribution in [2.75, 3.05) is 5.32 Å². The van der Waals surface area contributed by atoms with Crippen LogP contribution in [0, 0.1) is 19.7 Å². The third-order valence-electron chi connectivity index (χ3n) is 4.36. The standard InChI is InChI=1S/C20H20FN3OS/c1-11-4-5-12(2)16(10-11)23-19(25)17-13(3)22-20(26)24-18(17)14-6-8-15(21)9-7-14/h4-10,18H,1-3H3,(H,23,25)(H2,22,24,26)/t18-/m0/s1. The molecule has 134 valence electrons. The number of benzene rings is 2. The summed E-state index contributed by atoms with van der Waals surface area (Å²) in [5.41, 5.74) is 4.76. The van der Waals surface area contributed by atoms with Gasteiger partial charge in [-0.1, -0.05) is 24.3 Å². The van der Waals surface area contributed by atoms with Crippen molar-refractivity contribution in [3.63, 3.8) is 0 Å². The number of carbonyl (C=O) groups is 1. The number of nitrogens with one attached hydrogen (secondary N) is 3. The zero-order valence-corrected chi connectivity index (χ0v) is 15.6. The van der Waals surface area contributed by atoms with E-state index in [1.54, 1.807) is 12.1 Å². The van der Waals surface area contributed by atoms with E-state index in [4.69, 9.17) is 12.2 Å². The fourth-order valence-corrected chi connectivity index (χ4v) is 3.23. The number of rotatable bonds is 3. The van der Waals surface area contributed by atoms with E-state index in [0.29, 0.717) is 16.4 Å². The van der Waals surface area contributed by atoms with Crippen molar-refractivity contribution < 1.29 is 9.18 Å². The molecule has 3 rings (SSSR count). The molecule has 1 amide bonds. The highest BCUT2D eigenvalue weighted by molar-refractivity contribution is 7.80. The van der Waals surface area contributed by atoms with Gasteiger partial charge in [-0.25, -0.2) is 4.39 Å². The third-order valence-corrected chi connectivity index (χ3v) is 4.58. The van der Waals surface area contributed by atoms with Crippen molar-refractivity contribution in [1.82, 2.24) is 10.6 Å². The van der Waals surface area contributed by atoms with Gasteiger partial charge in [-0.15, -0.1) is 0 Å². The summed E-state index contributed by atoms with van der Waals surface area (Å²) in [7, 11) is 0. The number of allylic oxidation sites excluding steroid dienone is 1. The average molecular weight is 369 g/mol. The van der Waals surface area contributed by atoms with Crippen molar-refractivity contribution in [2.24, 2.45) is 0 Å². The quantitative estimate of drug-likeness (QED) is 0.719. The molecule has 3 N–H and O–H groups in total. The molecule has 1 heterocycles. The van der Waals surface area contributed by atoms with Gasteiger partial charge in [0.15, 0.2) is 5.11 Å². The molecule has 2 aromatic rings. The molecule has 6 heteroatoms. The molecule has 0 saturated heterocycles. The second-order valence-electron chi connectivity index (χ2n) is 6.39. The Morgan fingerprint density at radius 1 is 1.12 bits per heavy atom. The van der Waals surface area contributed by atoms with E-state index in [0.717, 1.165) is 22.4 Å². The van der Waals surface area contributed by atoms with Crippen LogP contribution in [-0.4, -0.2) is 11.0 Å². The second kappa shape index (κ2) is 7.25. The molecule has 1 aliphatic heterocycles. The summed E-state index contributed by atoms with van der Waals surface area (Å²) in [6.07, 6.45) is 0. The van der Waals surface area contributed by atoms with Crippen LogP contribution in [0.2, 0.25) is 0 Å². The minimum atomic E-state index is -0.450. The number of halogens is 1. The molecule has 0 aromatic heterocycles. The van der Waals surface area contributed by atoms with E-state index >= 15 is 0 Å². The summed E-state index contributed by atoms with van der Waals surface area (Å²) in [5, 5.41) is 9.52. The second-order valence-corrected chi connectivity index (χ2v) is 6.80. The lowest BCUT2D eigenvalue weighted by Crippen LogP contribution is -2.45. The summed E-state index contributed by atoms with van der Waals surface area (Å²) < 4.78 is 13.3. The Kier molecular flexibility index (Phi) is 5.04. The molecule has 0 saturated carbocycles. The topological polar surface area (TPSA) is 53.2 Å². The van der Waals surface area contributed by atoms with E-state index in [9.17, 15) is 9.18 Å². The van der Waals surface area contributed by atoms with Gasteiger partial charge < -0.3 is 16.0 Å². The van der Waals surface area contributed by atoms with Crippen LogP contribution < -0.4 is 16.0 Å². The molecular formula is C20H20FN3OS. The first-order chi connectivity index (χ1) is 12.3. The molecule has 1 atom stereocenters. The number of anilines is 1. The number of carbonyl (C=O) groups excluding carboxylic acids is 1. The predicted molar refractivity (Wildman–Crippen MR) is 105 cm³/mol. The van der Waals surface area contributed by atoms with Gasteiger partial charge in [-0.05, 0) is 67.9 Å². The Labute approximate surface area is 157 Å².